The third-order valence-corrected chi connectivity index (χ3v) is 4.64. The van der Waals surface area contributed by atoms with Gasteiger partial charge in [-0.2, -0.15) is 0 Å². The molecule has 1 fully saturated rings. The Morgan fingerprint density at radius 1 is 0.931 bits per heavy atom. The molecule has 0 unspecified atom stereocenters. The van der Waals surface area contributed by atoms with Gasteiger partial charge in [0.1, 0.15) is 31.0 Å². The lowest BCUT2D eigenvalue weighted by Gasteiger charge is -2.42. The van der Waals surface area contributed by atoms with Gasteiger partial charge in [0, 0.05) is 0 Å². The number of aliphatic hydroxyl groups excluding tert-OH is 3. The summed E-state index contributed by atoms with van der Waals surface area (Å²) in [6.45, 7) is -0.300. The molecule has 1 heterocycles. The minimum Gasteiger partial charge on any atom is -0.445 e. The summed E-state index contributed by atoms with van der Waals surface area (Å²) in [5.41, 5.74) is 1.67. The predicted octanol–water partition coefficient (Wildman–Crippen LogP) is 0.937. The van der Waals surface area contributed by atoms with Crippen molar-refractivity contribution in [2.45, 2.75) is 43.9 Å². The van der Waals surface area contributed by atoms with E-state index in [1.54, 1.807) is 0 Å². The van der Waals surface area contributed by atoms with E-state index in [-0.39, 0.29) is 13.2 Å². The van der Waals surface area contributed by atoms with Crippen LogP contribution in [0, 0.1) is 0 Å². The number of rotatable bonds is 7. The fraction of sp³-hybridized carbons (Fsp3) is 0.381. The zero-order valence-electron chi connectivity index (χ0n) is 15.8. The van der Waals surface area contributed by atoms with Crippen molar-refractivity contribution in [3.8, 4) is 0 Å². The van der Waals surface area contributed by atoms with Crippen molar-refractivity contribution in [3.63, 3.8) is 0 Å². The third kappa shape index (κ3) is 5.75. The molecule has 1 saturated heterocycles. The summed E-state index contributed by atoms with van der Waals surface area (Å²) in [4.78, 5) is 12.2. The summed E-state index contributed by atoms with van der Waals surface area (Å²) in [6, 6.07) is 17.3. The van der Waals surface area contributed by atoms with Gasteiger partial charge < -0.3 is 34.8 Å². The molecule has 4 N–H and O–H groups in total. The Bertz CT molecular complexity index is 758. The predicted molar refractivity (Wildman–Crippen MR) is 103 cm³/mol. The number of amides is 1. The Labute approximate surface area is 168 Å². The highest BCUT2D eigenvalue weighted by molar-refractivity contribution is 5.67. The van der Waals surface area contributed by atoms with Crippen molar-refractivity contribution in [3.05, 3.63) is 71.8 Å². The lowest BCUT2D eigenvalue weighted by atomic mass is 9.97. The van der Waals surface area contributed by atoms with Crippen molar-refractivity contribution in [1.29, 1.82) is 0 Å². The molecule has 1 aliphatic heterocycles. The maximum Gasteiger partial charge on any atom is 0.407 e. The van der Waals surface area contributed by atoms with Gasteiger partial charge in [0.05, 0.1) is 13.2 Å². The van der Waals surface area contributed by atoms with Crippen molar-refractivity contribution >= 4 is 6.09 Å². The molecule has 156 valence electrons. The molecule has 0 aliphatic carbocycles. The first-order valence-electron chi connectivity index (χ1n) is 9.33. The molecule has 8 nitrogen and oxygen atoms in total. The number of ether oxygens (including phenoxy) is 3. The molecular formula is C21H25NO7. The van der Waals surface area contributed by atoms with Crippen LogP contribution in [0.15, 0.2) is 60.7 Å². The standard InChI is InChI=1S/C21H25NO7/c23-11-16-18(24)19(25)17(20(29-16)27-12-14-7-3-1-4-8-14)22-21(26)28-13-15-9-5-2-6-10-15/h1-10,16-20,23-25H,11-13H2,(H,22,26)/t16-,17+,18+,19-,20+/m0/s1. The number of carbonyl (C=O) groups is 1. The molecular weight excluding hydrogens is 378 g/mol. The van der Waals surface area contributed by atoms with Crippen LogP contribution in [0.2, 0.25) is 0 Å². The van der Waals surface area contributed by atoms with Crippen LogP contribution in [-0.2, 0) is 27.4 Å². The van der Waals surface area contributed by atoms with Crippen molar-refractivity contribution in [1.82, 2.24) is 5.32 Å². The Morgan fingerprint density at radius 2 is 1.52 bits per heavy atom. The summed E-state index contributed by atoms with van der Waals surface area (Å²) in [5.74, 6) is 0. The largest absolute Gasteiger partial charge is 0.445 e. The number of carbonyl (C=O) groups excluding carboxylic acids is 1. The second kappa shape index (κ2) is 10.3. The first kappa shape index (κ1) is 21.2. The van der Waals surface area contributed by atoms with Gasteiger partial charge in [-0.25, -0.2) is 4.79 Å². The van der Waals surface area contributed by atoms with E-state index >= 15 is 0 Å². The summed E-state index contributed by atoms with van der Waals surface area (Å²) in [7, 11) is 0. The Balaban J connectivity index is 1.63. The summed E-state index contributed by atoms with van der Waals surface area (Å²) < 4.78 is 16.5. The fourth-order valence-corrected chi connectivity index (χ4v) is 3.03. The van der Waals surface area contributed by atoms with E-state index in [9.17, 15) is 20.1 Å². The average Bonchev–Trinajstić information content (AvgIpc) is 2.76. The molecule has 29 heavy (non-hydrogen) atoms. The van der Waals surface area contributed by atoms with E-state index in [1.165, 1.54) is 0 Å². The van der Waals surface area contributed by atoms with Crippen LogP contribution >= 0.6 is 0 Å². The maximum atomic E-state index is 12.2. The molecule has 2 aromatic rings. The van der Waals surface area contributed by atoms with Gasteiger partial charge in [0.25, 0.3) is 0 Å². The van der Waals surface area contributed by atoms with E-state index < -0.39 is 43.3 Å². The minimum absolute atomic E-state index is 0.0493. The van der Waals surface area contributed by atoms with Gasteiger partial charge in [-0.1, -0.05) is 60.7 Å². The van der Waals surface area contributed by atoms with Gasteiger partial charge in [-0.05, 0) is 11.1 Å². The fourth-order valence-electron chi connectivity index (χ4n) is 3.03. The van der Waals surface area contributed by atoms with Crippen LogP contribution in [0.4, 0.5) is 4.79 Å². The molecule has 0 aromatic heterocycles. The van der Waals surface area contributed by atoms with Crippen molar-refractivity contribution < 1.29 is 34.3 Å². The number of hydrogen-bond donors (Lipinski definition) is 4. The lowest BCUT2D eigenvalue weighted by molar-refractivity contribution is -0.273. The van der Waals surface area contributed by atoms with Crippen LogP contribution in [-0.4, -0.2) is 58.7 Å². The minimum atomic E-state index is -1.41. The average molecular weight is 403 g/mol. The smallest absolute Gasteiger partial charge is 0.407 e. The Hall–Kier alpha value is -2.49. The van der Waals surface area contributed by atoms with Gasteiger partial charge in [0.15, 0.2) is 6.29 Å². The molecule has 3 rings (SSSR count). The maximum absolute atomic E-state index is 12.2. The number of alkyl carbamates (subject to hydrolysis) is 1. The van der Waals surface area contributed by atoms with E-state index in [1.807, 2.05) is 60.7 Å². The molecule has 0 bridgehead atoms. The van der Waals surface area contributed by atoms with Crippen LogP contribution in [0.1, 0.15) is 11.1 Å². The SMILES string of the molecule is O=C(N[C@H]1[C@H](OCc2ccccc2)O[C@@H](CO)[C@@H](O)[C@H]1O)OCc1ccccc1. The van der Waals surface area contributed by atoms with Crippen LogP contribution in [0.25, 0.3) is 0 Å². The molecule has 8 heteroatoms. The van der Waals surface area contributed by atoms with Crippen LogP contribution in [0.5, 0.6) is 0 Å². The zero-order chi connectivity index (χ0) is 20.6. The van der Waals surface area contributed by atoms with Crippen molar-refractivity contribution in [2.75, 3.05) is 6.61 Å². The molecule has 5 atom stereocenters. The molecule has 1 aliphatic rings. The molecule has 0 spiro atoms. The summed E-state index contributed by atoms with van der Waals surface area (Å²) in [6.07, 6.45) is -5.72. The monoisotopic (exact) mass is 403 g/mol. The normalized spacial score (nSPS) is 26.7. The second-order valence-electron chi connectivity index (χ2n) is 6.74. The quantitative estimate of drug-likeness (QED) is 0.543. The topological polar surface area (TPSA) is 117 Å². The highest BCUT2D eigenvalue weighted by atomic mass is 16.7. The summed E-state index contributed by atoms with van der Waals surface area (Å²) in [5, 5.41) is 32.5. The first-order valence-corrected chi connectivity index (χ1v) is 9.33. The van der Waals surface area contributed by atoms with Gasteiger partial charge in [-0.3, -0.25) is 0 Å². The first-order chi connectivity index (χ1) is 14.1. The van der Waals surface area contributed by atoms with Crippen molar-refractivity contribution in [2.24, 2.45) is 0 Å². The number of nitrogens with one attached hydrogen (secondary N) is 1. The molecule has 0 radical (unpaired) electrons. The van der Waals surface area contributed by atoms with Crippen LogP contribution in [0.3, 0.4) is 0 Å². The van der Waals surface area contributed by atoms with E-state index in [4.69, 9.17) is 14.2 Å². The second-order valence-corrected chi connectivity index (χ2v) is 6.74. The Morgan fingerprint density at radius 3 is 2.10 bits per heavy atom. The van der Waals surface area contributed by atoms with Crippen LogP contribution < -0.4 is 5.32 Å². The van der Waals surface area contributed by atoms with Gasteiger partial charge >= 0.3 is 6.09 Å². The third-order valence-electron chi connectivity index (χ3n) is 4.64. The van der Waals surface area contributed by atoms with E-state index in [0.29, 0.717) is 0 Å². The number of benzene rings is 2. The van der Waals surface area contributed by atoms with Gasteiger partial charge in [-0.15, -0.1) is 0 Å². The molecule has 0 saturated carbocycles. The highest BCUT2D eigenvalue weighted by Crippen LogP contribution is 2.23. The number of hydrogen-bond acceptors (Lipinski definition) is 7. The molecule has 2 aromatic carbocycles. The zero-order valence-corrected chi connectivity index (χ0v) is 15.8. The Kier molecular flexibility index (Phi) is 7.56. The van der Waals surface area contributed by atoms with E-state index in [0.717, 1.165) is 11.1 Å². The number of aliphatic hydroxyl groups is 3. The highest BCUT2D eigenvalue weighted by Gasteiger charge is 2.45. The lowest BCUT2D eigenvalue weighted by Crippen LogP contribution is -2.64. The van der Waals surface area contributed by atoms with E-state index in [2.05, 4.69) is 5.32 Å². The van der Waals surface area contributed by atoms with Gasteiger partial charge in [0.2, 0.25) is 0 Å². The molecule has 1 amide bonds. The summed E-state index contributed by atoms with van der Waals surface area (Å²) >= 11 is 0.